The molecule has 2 heterocycles. The number of halogens is 1. The molecule has 12 nitrogen and oxygen atoms in total. The molecule has 0 aliphatic heterocycles. The lowest BCUT2D eigenvalue weighted by molar-refractivity contribution is -0.428. The second-order valence-corrected chi connectivity index (χ2v) is 13.6. The number of aryl methyl sites for hydroxylation is 1. The van der Waals surface area contributed by atoms with E-state index in [4.69, 9.17) is 16.7 Å². The van der Waals surface area contributed by atoms with Crippen molar-refractivity contribution < 1.29 is 19.9 Å². The number of hydrogen-bond acceptors (Lipinski definition) is 8. The molecular formula is C40H56ClN7O5. The zero-order valence-corrected chi connectivity index (χ0v) is 32.1. The number of aromatic nitrogens is 6. The van der Waals surface area contributed by atoms with Crippen LogP contribution in [0.2, 0.25) is 5.15 Å². The lowest BCUT2D eigenvalue weighted by Gasteiger charge is -2.12. The molecule has 3 N–H and O–H groups in total. The molecule has 2 aromatic carbocycles. The fraction of sp³-hybridized carbons (Fsp3) is 0.525. The molecule has 0 aliphatic carbocycles. The van der Waals surface area contributed by atoms with E-state index in [2.05, 4.69) is 63.7 Å². The minimum atomic E-state index is -0.752. The van der Waals surface area contributed by atoms with Gasteiger partial charge in [-0.05, 0) is 60.1 Å². The maximum absolute atomic E-state index is 11.0. The van der Waals surface area contributed by atoms with Crippen LogP contribution in [0.25, 0.3) is 22.5 Å². The number of hydrogen-bond donors (Lipinski definition) is 3. The Morgan fingerprint density at radius 1 is 0.887 bits per heavy atom. The molecule has 0 saturated carbocycles. The molecule has 0 unspecified atom stereocenters. The average Bonchev–Trinajstić information content (AvgIpc) is 3.80. The number of H-pyrrole nitrogens is 1. The number of aliphatic hydroxyl groups is 1. The second-order valence-electron chi connectivity index (χ2n) is 13.3. The van der Waals surface area contributed by atoms with Crippen LogP contribution in [0.1, 0.15) is 134 Å². The first-order chi connectivity index (χ1) is 25.8. The third-order valence-corrected chi connectivity index (χ3v) is 9.42. The third kappa shape index (κ3) is 15.2. The molecule has 0 fully saturated rings. The Bertz CT molecular complexity index is 1670. The number of tetrazole rings is 1. The van der Waals surface area contributed by atoms with E-state index in [1.165, 1.54) is 25.7 Å². The van der Waals surface area contributed by atoms with Crippen LogP contribution in [0.5, 0.6) is 0 Å². The van der Waals surface area contributed by atoms with E-state index in [9.17, 15) is 20.0 Å². The standard InChI is InChI=1S/C22H23ClN6O.C18H33NO4/c1-2-3-8-20-24-21(23)19(14-30)29(20)13-15-9-11-16(12-10-15)17-6-4-5-7-18(17)22-25-27-28-26-22;1-2-3-4-5-6-8-11-14-17(19(22)23)15-12-9-7-10-13-16-18(20)21/h4-7,9-12,30H,2-3,8,13-14H2,1H3,(H,25,26,27,28);14H,2-13,15-16H2,1H3,(H,20,21)/b;17-14+. The number of carboxylic acid groups (broad SMARTS) is 1. The van der Waals surface area contributed by atoms with E-state index in [1.807, 2.05) is 28.8 Å². The topological polar surface area (TPSA) is 173 Å². The third-order valence-electron chi connectivity index (χ3n) is 9.12. The van der Waals surface area contributed by atoms with E-state index in [0.29, 0.717) is 41.8 Å². The van der Waals surface area contributed by atoms with Crippen LogP contribution in [0, 0.1) is 10.1 Å². The summed E-state index contributed by atoms with van der Waals surface area (Å²) >= 11 is 6.26. The van der Waals surface area contributed by atoms with Crippen LogP contribution >= 0.6 is 11.6 Å². The van der Waals surface area contributed by atoms with Gasteiger partial charge in [-0.25, -0.2) is 4.98 Å². The van der Waals surface area contributed by atoms with Crippen molar-refractivity contribution in [1.82, 2.24) is 30.2 Å². The smallest absolute Gasteiger partial charge is 0.303 e. The van der Waals surface area contributed by atoms with Crippen LogP contribution in [-0.4, -0.2) is 51.3 Å². The SMILES string of the molecule is CCCCCCCC/C=C(\CCCCCCCC(=O)O)[N+](=O)[O-].CCCCc1nc(Cl)c(CO)n1Cc1ccc(-c2ccccc2-c2nn[nH]n2)cc1. The lowest BCUT2D eigenvalue weighted by Crippen LogP contribution is -2.09. The Balaban J connectivity index is 0.000000298. The lowest BCUT2D eigenvalue weighted by atomic mass is 9.98. The largest absolute Gasteiger partial charge is 0.481 e. The summed E-state index contributed by atoms with van der Waals surface area (Å²) in [4.78, 5) is 25.6. The normalized spacial score (nSPS) is 11.4. The first-order valence-electron chi connectivity index (χ1n) is 19.1. The molecule has 0 aliphatic rings. The summed E-state index contributed by atoms with van der Waals surface area (Å²) in [5.74, 6) is 0.728. The summed E-state index contributed by atoms with van der Waals surface area (Å²) in [6.07, 6.45) is 17.8. The van der Waals surface area contributed by atoms with Crippen molar-refractivity contribution in [3.05, 3.63) is 92.7 Å². The molecular weight excluding hydrogens is 694 g/mol. The fourth-order valence-electron chi connectivity index (χ4n) is 6.12. The van der Waals surface area contributed by atoms with Crippen molar-refractivity contribution in [3.8, 4) is 22.5 Å². The highest BCUT2D eigenvalue weighted by molar-refractivity contribution is 6.30. The second kappa shape index (κ2) is 24.8. The monoisotopic (exact) mass is 749 g/mol. The number of aromatic amines is 1. The van der Waals surface area contributed by atoms with Crippen molar-refractivity contribution in [2.45, 2.75) is 136 Å². The van der Waals surface area contributed by atoms with Gasteiger partial charge >= 0.3 is 5.97 Å². The minimum Gasteiger partial charge on any atom is -0.481 e. The molecule has 53 heavy (non-hydrogen) atoms. The van der Waals surface area contributed by atoms with E-state index in [1.54, 1.807) is 6.08 Å². The molecule has 2 aromatic heterocycles. The van der Waals surface area contributed by atoms with Crippen LogP contribution < -0.4 is 0 Å². The van der Waals surface area contributed by atoms with Gasteiger partial charge in [0.2, 0.25) is 11.5 Å². The highest BCUT2D eigenvalue weighted by Crippen LogP contribution is 2.30. The molecule has 0 amide bonds. The summed E-state index contributed by atoms with van der Waals surface area (Å²) in [6, 6.07) is 16.3. The van der Waals surface area contributed by atoms with Gasteiger partial charge in [0, 0.05) is 31.4 Å². The van der Waals surface area contributed by atoms with Gasteiger partial charge in [-0.1, -0.05) is 132 Å². The summed E-state index contributed by atoms with van der Waals surface area (Å²) in [7, 11) is 0. The van der Waals surface area contributed by atoms with Gasteiger partial charge in [0.1, 0.15) is 5.82 Å². The zero-order valence-electron chi connectivity index (χ0n) is 31.3. The van der Waals surface area contributed by atoms with Gasteiger partial charge in [-0.2, -0.15) is 5.21 Å². The van der Waals surface area contributed by atoms with Crippen molar-refractivity contribution in [2.75, 3.05) is 0 Å². The van der Waals surface area contributed by atoms with Crippen LogP contribution in [-0.2, 0) is 24.4 Å². The molecule has 0 spiro atoms. The van der Waals surface area contributed by atoms with Crippen molar-refractivity contribution >= 4 is 17.6 Å². The molecule has 4 rings (SSSR count). The Hall–Kier alpha value is -4.42. The number of unbranched alkanes of at least 4 members (excludes halogenated alkanes) is 11. The molecule has 0 saturated heterocycles. The number of nitrogens with zero attached hydrogens (tertiary/aromatic N) is 6. The van der Waals surface area contributed by atoms with Gasteiger partial charge in [0.05, 0.1) is 17.2 Å². The quantitative estimate of drug-likeness (QED) is 0.0358. The van der Waals surface area contributed by atoms with Gasteiger partial charge in [-0.3, -0.25) is 14.9 Å². The summed E-state index contributed by atoms with van der Waals surface area (Å²) in [5.41, 5.74) is 5.15. The van der Waals surface area contributed by atoms with Crippen molar-refractivity contribution in [2.24, 2.45) is 0 Å². The van der Waals surface area contributed by atoms with Gasteiger partial charge in [-0.15, -0.1) is 10.2 Å². The first-order valence-corrected chi connectivity index (χ1v) is 19.5. The number of carbonyl (C=O) groups is 1. The van der Waals surface area contributed by atoms with Crippen LogP contribution in [0.15, 0.2) is 60.3 Å². The number of carboxylic acids is 1. The molecule has 0 bridgehead atoms. The highest BCUT2D eigenvalue weighted by atomic mass is 35.5. The molecule has 288 valence electrons. The van der Waals surface area contributed by atoms with Crippen molar-refractivity contribution in [3.63, 3.8) is 0 Å². The van der Waals surface area contributed by atoms with E-state index >= 15 is 0 Å². The number of allylic oxidation sites excluding steroid dienone is 2. The summed E-state index contributed by atoms with van der Waals surface area (Å²) < 4.78 is 2.03. The molecule has 0 atom stereocenters. The Kier molecular flexibility index (Phi) is 20.1. The van der Waals surface area contributed by atoms with E-state index < -0.39 is 5.97 Å². The maximum Gasteiger partial charge on any atom is 0.303 e. The number of aliphatic hydroxyl groups excluding tert-OH is 1. The van der Waals surface area contributed by atoms with Crippen molar-refractivity contribution in [1.29, 1.82) is 0 Å². The molecule has 13 heteroatoms. The Labute approximate surface area is 318 Å². The fourth-order valence-corrected chi connectivity index (χ4v) is 6.38. The molecule has 0 radical (unpaired) electrons. The van der Waals surface area contributed by atoms with Gasteiger partial charge < -0.3 is 14.8 Å². The van der Waals surface area contributed by atoms with Crippen LogP contribution in [0.4, 0.5) is 0 Å². The number of aliphatic carboxylic acids is 1. The number of nitro groups is 1. The number of imidazole rings is 1. The van der Waals surface area contributed by atoms with Gasteiger partial charge in [0.25, 0.3) is 0 Å². The number of benzene rings is 2. The Morgan fingerprint density at radius 2 is 1.53 bits per heavy atom. The van der Waals surface area contributed by atoms with Crippen LogP contribution in [0.3, 0.4) is 0 Å². The number of nitrogens with one attached hydrogen (secondary N) is 1. The predicted octanol–water partition coefficient (Wildman–Crippen LogP) is 9.98. The Morgan fingerprint density at radius 3 is 2.15 bits per heavy atom. The molecule has 4 aromatic rings. The average molecular weight is 750 g/mol. The summed E-state index contributed by atoms with van der Waals surface area (Å²) in [5, 5.41) is 44.1. The first kappa shape index (κ1) is 43.0. The van der Waals surface area contributed by atoms with Gasteiger partial charge in [0.15, 0.2) is 5.15 Å². The van der Waals surface area contributed by atoms with E-state index in [0.717, 1.165) is 92.3 Å². The predicted molar refractivity (Wildman–Crippen MR) is 209 cm³/mol. The zero-order chi connectivity index (χ0) is 38.3. The highest BCUT2D eigenvalue weighted by Gasteiger charge is 2.16. The minimum absolute atomic E-state index is 0.131. The maximum atomic E-state index is 11.0. The summed E-state index contributed by atoms with van der Waals surface area (Å²) in [6.45, 7) is 4.82. The van der Waals surface area contributed by atoms with E-state index in [-0.39, 0.29) is 18.0 Å². The number of rotatable bonds is 24.